The third-order valence-electron chi connectivity index (χ3n) is 11.3. The quantitative estimate of drug-likeness (QED) is 0.168. The van der Waals surface area contributed by atoms with Crippen molar-refractivity contribution in [1.82, 2.24) is 19.9 Å². The fraction of sp³-hybridized carbons (Fsp3) is 0. The van der Waals surface area contributed by atoms with Crippen molar-refractivity contribution in [1.29, 1.82) is 0 Å². The van der Waals surface area contributed by atoms with Crippen LogP contribution in [0.5, 0.6) is 0 Å². The van der Waals surface area contributed by atoms with E-state index >= 15 is 0 Å². The number of pyridine rings is 1. The Hall–Kier alpha value is -8.22. The summed E-state index contributed by atoms with van der Waals surface area (Å²) in [7, 11) is 0. The van der Waals surface area contributed by atoms with E-state index in [2.05, 4.69) is 115 Å². The third-order valence-corrected chi connectivity index (χ3v) is 11.3. The van der Waals surface area contributed by atoms with Crippen molar-refractivity contribution in [2.75, 3.05) is 0 Å². The lowest BCUT2D eigenvalue weighted by atomic mass is 9.94. The zero-order valence-corrected chi connectivity index (χ0v) is 32.1. The van der Waals surface area contributed by atoms with Gasteiger partial charge in [-0.25, -0.2) is 19.9 Å². The monoisotopic (exact) mass is 768 g/mol. The van der Waals surface area contributed by atoms with Gasteiger partial charge in [-0.3, -0.25) is 0 Å². The average Bonchev–Trinajstić information content (AvgIpc) is 3.91. The number of benzene rings is 8. The molecule has 0 saturated carbocycles. The summed E-state index contributed by atoms with van der Waals surface area (Å²) in [5, 5.41) is 5.34. The molecule has 0 fully saturated rings. The number of nitrogens with zero attached hydrogens (tertiary/aromatic N) is 4. The normalized spacial score (nSPS) is 11.7. The van der Waals surface area contributed by atoms with Crippen molar-refractivity contribution in [3.63, 3.8) is 0 Å². The van der Waals surface area contributed by atoms with E-state index in [9.17, 15) is 0 Å². The molecule has 0 aliphatic heterocycles. The Labute approximate surface area is 344 Å². The van der Waals surface area contributed by atoms with Gasteiger partial charge in [-0.05, 0) is 41.0 Å². The van der Waals surface area contributed by atoms with Crippen molar-refractivity contribution in [2.24, 2.45) is 0 Å². The fourth-order valence-corrected chi connectivity index (χ4v) is 8.51. The molecule has 6 heteroatoms. The van der Waals surface area contributed by atoms with Crippen LogP contribution in [0.3, 0.4) is 0 Å². The first-order valence-electron chi connectivity index (χ1n) is 20.0. The second-order valence-corrected chi connectivity index (χ2v) is 14.9. The van der Waals surface area contributed by atoms with Crippen LogP contribution in [0.15, 0.2) is 203 Å². The highest BCUT2D eigenvalue weighted by Gasteiger charge is 2.21. The number of aromatic nitrogens is 4. The number of para-hydroxylation sites is 3. The van der Waals surface area contributed by atoms with Crippen LogP contribution in [0.1, 0.15) is 0 Å². The van der Waals surface area contributed by atoms with Crippen LogP contribution in [-0.4, -0.2) is 19.9 Å². The number of hydrogen-bond donors (Lipinski definition) is 0. The molecule has 0 amide bonds. The van der Waals surface area contributed by atoms with Crippen LogP contribution < -0.4 is 0 Å². The number of furan rings is 2. The van der Waals surface area contributed by atoms with Gasteiger partial charge in [-0.2, -0.15) is 0 Å². The molecule has 0 unspecified atom stereocenters. The van der Waals surface area contributed by atoms with Crippen molar-refractivity contribution in [2.45, 2.75) is 0 Å². The minimum atomic E-state index is 0.584. The van der Waals surface area contributed by atoms with Gasteiger partial charge in [0, 0.05) is 54.7 Å². The van der Waals surface area contributed by atoms with Crippen LogP contribution in [0.25, 0.3) is 122 Å². The lowest BCUT2D eigenvalue weighted by Crippen LogP contribution is -2.00. The van der Waals surface area contributed by atoms with E-state index in [1.54, 1.807) is 0 Å². The Bertz CT molecular complexity index is 3590. The molecule has 0 aliphatic carbocycles. The van der Waals surface area contributed by atoms with Crippen LogP contribution >= 0.6 is 0 Å². The fourth-order valence-electron chi connectivity index (χ4n) is 8.51. The lowest BCUT2D eigenvalue weighted by Gasteiger charge is -2.12. The maximum absolute atomic E-state index is 6.61. The minimum absolute atomic E-state index is 0.584. The highest BCUT2D eigenvalue weighted by atomic mass is 16.3. The largest absolute Gasteiger partial charge is 0.455 e. The van der Waals surface area contributed by atoms with Crippen molar-refractivity contribution in [3.8, 4) is 67.7 Å². The summed E-state index contributed by atoms with van der Waals surface area (Å²) in [5.74, 6) is 1.78. The van der Waals surface area contributed by atoms with E-state index in [-0.39, 0.29) is 0 Å². The molecule has 6 nitrogen and oxygen atoms in total. The molecule has 0 spiro atoms. The Morgan fingerprint density at radius 1 is 0.300 bits per heavy atom. The highest BCUT2D eigenvalue weighted by Crippen LogP contribution is 2.43. The Kier molecular flexibility index (Phi) is 7.74. The molecule has 0 saturated heterocycles. The molecule has 280 valence electrons. The molecule has 0 bridgehead atoms. The summed E-state index contributed by atoms with van der Waals surface area (Å²) in [4.78, 5) is 20.5. The number of hydrogen-bond acceptors (Lipinski definition) is 6. The van der Waals surface area contributed by atoms with Gasteiger partial charge >= 0.3 is 0 Å². The molecular formula is C54H32N4O2. The molecule has 4 aromatic heterocycles. The summed E-state index contributed by atoms with van der Waals surface area (Å²) in [6, 6.07) is 66.2. The zero-order valence-electron chi connectivity index (χ0n) is 32.1. The van der Waals surface area contributed by atoms with Crippen molar-refractivity contribution < 1.29 is 8.83 Å². The highest BCUT2D eigenvalue weighted by molar-refractivity contribution is 6.24. The summed E-state index contributed by atoms with van der Waals surface area (Å²) in [5.41, 5.74) is 12.9. The van der Waals surface area contributed by atoms with Crippen LogP contribution in [-0.2, 0) is 0 Å². The van der Waals surface area contributed by atoms with Crippen molar-refractivity contribution in [3.05, 3.63) is 194 Å². The van der Waals surface area contributed by atoms with Crippen LogP contribution in [0.2, 0.25) is 0 Å². The minimum Gasteiger partial charge on any atom is -0.455 e. The zero-order chi connectivity index (χ0) is 39.6. The van der Waals surface area contributed by atoms with E-state index in [0.717, 1.165) is 105 Å². The number of fused-ring (bicyclic) bond motifs is 8. The summed E-state index contributed by atoms with van der Waals surface area (Å²) < 4.78 is 13.0. The van der Waals surface area contributed by atoms with Gasteiger partial charge in [0.15, 0.2) is 23.1 Å². The maximum Gasteiger partial charge on any atom is 0.164 e. The van der Waals surface area contributed by atoms with Crippen LogP contribution in [0.4, 0.5) is 0 Å². The molecule has 0 atom stereocenters. The van der Waals surface area contributed by atoms with E-state index < -0.39 is 0 Å². The molecule has 0 aliphatic rings. The standard InChI is InChI=1S/C54H32N4O2/c1-3-14-34(15-4-1)49-51-48(43-21-8-10-27-46(43)60-51)47-39(22-13-25-44(47)55-49)37-18-11-19-38(32-37)54-57-52(35-16-5-2-6-17-35)56-53(58-54)36-30-28-33(29-31-36)40-23-12-24-42-41-20-7-9-26-45(41)59-50(40)42/h1-32H. The first-order chi connectivity index (χ1) is 29.7. The summed E-state index contributed by atoms with van der Waals surface area (Å²) >= 11 is 0. The van der Waals surface area contributed by atoms with E-state index in [0.29, 0.717) is 17.5 Å². The second-order valence-electron chi connectivity index (χ2n) is 14.9. The summed E-state index contributed by atoms with van der Waals surface area (Å²) in [6.07, 6.45) is 0. The molecule has 12 rings (SSSR count). The topological polar surface area (TPSA) is 77.8 Å². The van der Waals surface area contributed by atoms with Gasteiger partial charge < -0.3 is 8.83 Å². The Balaban J connectivity index is 0.995. The number of rotatable bonds is 6. The summed E-state index contributed by atoms with van der Waals surface area (Å²) in [6.45, 7) is 0. The predicted molar refractivity (Wildman–Crippen MR) is 242 cm³/mol. The molecule has 4 heterocycles. The van der Waals surface area contributed by atoms with Gasteiger partial charge in [0.05, 0.1) is 5.52 Å². The van der Waals surface area contributed by atoms with Crippen molar-refractivity contribution >= 4 is 54.8 Å². The molecule has 0 N–H and O–H groups in total. The van der Waals surface area contributed by atoms with E-state index in [1.807, 2.05) is 78.9 Å². The molecule has 0 radical (unpaired) electrons. The molecular weight excluding hydrogens is 737 g/mol. The average molecular weight is 769 g/mol. The first kappa shape index (κ1) is 33.9. The van der Waals surface area contributed by atoms with Gasteiger partial charge in [0.1, 0.15) is 22.4 Å². The molecule has 12 aromatic rings. The maximum atomic E-state index is 6.61. The molecule has 60 heavy (non-hydrogen) atoms. The predicted octanol–water partition coefficient (Wildman–Crippen LogP) is 14.2. The third kappa shape index (κ3) is 5.57. The first-order valence-corrected chi connectivity index (χ1v) is 20.0. The lowest BCUT2D eigenvalue weighted by molar-refractivity contribution is 0.668. The second kappa shape index (κ2) is 13.7. The van der Waals surface area contributed by atoms with Gasteiger partial charge in [-0.1, -0.05) is 170 Å². The van der Waals surface area contributed by atoms with Gasteiger partial charge in [0.2, 0.25) is 0 Å². The van der Waals surface area contributed by atoms with E-state index in [1.165, 1.54) is 0 Å². The smallest absolute Gasteiger partial charge is 0.164 e. The Morgan fingerprint density at radius 2 is 0.817 bits per heavy atom. The van der Waals surface area contributed by atoms with Gasteiger partial charge in [-0.15, -0.1) is 0 Å². The SMILES string of the molecule is c1ccc(-c2nc(-c3ccc(-c4cccc5c4oc4ccccc45)cc3)nc(-c3cccc(-c4cccc5nc(-c6ccccc6)c6oc7ccccc7c6c45)c3)n2)cc1. The molecule has 8 aromatic carbocycles. The van der Waals surface area contributed by atoms with Gasteiger partial charge in [0.25, 0.3) is 0 Å². The van der Waals surface area contributed by atoms with Crippen LogP contribution in [0, 0.1) is 0 Å². The Morgan fingerprint density at radius 3 is 1.58 bits per heavy atom. The van der Waals surface area contributed by atoms with E-state index in [4.69, 9.17) is 28.8 Å².